The number of carbonyl (C=O) groups excluding carboxylic acids is 2. The molecule has 64 heavy (non-hydrogen) atoms. The van der Waals surface area contributed by atoms with Gasteiger partial charge in [0.05, 0.1) is 34.4 Å². The molecule has 0 bridgehead atoms. The van der Waals surface area contributed by atoms with E-state index in [1.165, 1.54) is 57.8 Å². The van der Waals surface area contributed by atoms with Crippen molar-refractivity contribution in [3.05, 3.63) is 97.2 Å². The third-order valence-electron chi connectivity index (χ3n) is 10.7. The number of nitrogens with zero attached hydrogens (tertiary/aromatic N) is 1. The quantitative estimate of drug-likeness (QED) is 0.0281. The van der Waals surface area contributed by atoms with Gasteiger partial charge in [-0.05, 0) is 89.9 Å². The van der Waals surface area contributed by atoms with E-state index in [0.717, 1.165) is 96.3 Å². The van der Waals surface area contributed by atoms with E-state index in [0.29, 0.717) is 12.8 Å². The van der Waals surface area contributed by atoms with E-state index in [1.807, 2.05) is 21.1 Å². The van der Waals surface area contributed by atoms with Crippen LogP contribution in [0.25, 0.3) is 0 Å². The van der Waals surface area contributed by atoms with Crippen LogP contribution in [0.1, 0.15) is 187 Å². The first kappa shape index (κ1) is 60.2. The van der Waals surface area contributed by atoms with Crippen LogP contribution in [-0.4, -0.2) is 80.6 Å². The lowest BCUT2D eigenvalue weighted by Gasteiger charge is -2.31. The van der Waals surface area contributed by atoms with Gasteiger partial charge in [0.25, 0.3) is 0 Å². The summed E-state index contributed by atoms with van der Waals surface area (Å²) in [6, 6.07) is -0.627. The number of quaternary nitrogens is 1. The molecule has 364 valence electrons. The first-order valence-electron chi connectivity index (χ1n) is 25.3. The Labute approximate surface area is 392 Å². The normalized spacial score (nSPS) is 13.7. The average Bonchev–Trinajstić information content (AvgIpc) is 3.26. The summed E-state index contributed by atoms with van der Waals surface area (Å²) < 4.78 is 17.3. The van der Waals surface area contributed by atoms with Crippen molar-refractivity contribution in [2.75, 3.05) is 41.0 Å². The highest BCUT2D eigenvalue weighted by Crippen LogP contribution is 2.14. The minimum Gasteiger partial charge on any atom is -0.477 e. The van der Waals surface area contributed by atoms with E-state index < -0.39 is 18.1 Å². The van der Waals surface area contributed by atoms with Gasteiger partial charge in [0.2, 0.25) is 0 Å². The fourth-order valence-corrected chi connectivity index (χ4v) is 6.90. The minimum absolute atomic E-state index is 0.0414. The number of unbranched alkanes of at least 4 members (excludes halogenated alkanes) is 14. The molecular weight excluding hydrogens is 799 g/mol. The van der Waals surface area contributed by atoms with Crippen molar-refractivity contribution in [3.8, 4) is 0 Å². The Bertz CT molecular complexity index is 1360. The molecule has 0 rings (SSSR count). The number of carboxylic acids is 1. The molecule has 0 aromatic carbocycles. The zero-order chi connectivity index (χ0) is 47.0. The van der Waals surface area contributed by atoms with Crippen molar-refractivity contribution >= 4 is 17.9 Å². The molecule has 0 fully saturated rings. The maximum absolute atomic E-state index is 12.8. The highest BCUT2D eigenvalue weighted by molar-refractivity contribution is 5.72. The summed E-state index contributed by atoms with van der Waals surface area (Å²) in [4.78, 5) is 37.2. The molecule has 0 aromatic heterocycles. The molecule has 0 aliphatic rings. The number of esters is 2. The molecule has 0 heterocycles. The van der Waals surface area contributed by atoms with Crippen molar-refractivity contribution < 1.29 is 38.2 Å². The first-order chi connectivity index (χ1) is 31.1. The third-order valence-corrected chi connectivity index (χ3v) is 10.7. The molecule has 8 heteroatoms. The van der Waals surface area contributed by atoms with Crippen LogP contribution < -0.4 is 0 Å². The Morgan fingerprint density at radius 2 is 0.828 bits per heavy atom. The summed E-state index contributed by atoms with van der Waals surface area (Å²) in [5.41, 5.74) is 0. The summed E-state index contributed by atoms with van der Waals surface area (Å²) in [6.07, 6.45) is 61.7. The van der Waals surface area contributed by atoms with Crippen LogP contribution in [0.2, 0.25) is 0 Å². The van der Waals surface area contributed by atoms with Gasteiger partial charge in [0, 0.05) is 19.3 Å². The van der Waals surface area contributed by atoms with Gasteiger partial charge in [-0.15, -0.1) is 0 Å². The second-order valence-electron chi connectivity index (χ2n) is 17.7. The molecule has 0 saturated carbocycles. The fourth-order valence-electron chi connectivity index (χ4n) is 6.90. The Hall–Kier alpha value is -3.75. The lowest BCUT2D eigenvalue weighted by Crippen LogP contribution is -2.50. The molecule has 0 radical (unpaired) electrons. The van der Waals surface area contributed by atoms with E-state index in [-0.39, 0.29) is 42.7 Å². The van der Waals surface area contributed by atoms with Crippen LogP contribution in [0.3, 0.4) is 0 Å². The summed E-state index contributed by atoms with van der Waals surface area (Å²) in [6.45, 7) is 4.47. The van der Waals surface area contributed by atoms with Crippen LogP contribution in [-0.2, 0) is 28.6 Å². The van der Waals surface area contributed by atoms with Gasteiger partial charge in [0.15, 0.2) is 12.1 Å². The smallest absolute Gasteiger partial charge is 0.362 e. The van der Waals surface area contributed by atoms with Gasteiger partial charge >= 0.3 is 17.9 Å². The van der Waals surface area contributed by atoms with Crippen molar-refractivity contribution in [1.29, 1.82) is 0 Å². The zero-order valence-corrected chi connectivity index (χ0v) is 41.4. The number of carbonyl (C=O) groups is 3. The number of ether oxygens (including phenoxy) is 3. The Kier molecular flexibility index (Phi) is 43.1. The van der Waals surface area contributed by atoms with Gasteiger partial charge in [-0.2, -0.15) is 0 Å². The summed E-state index contributed by atoms with van der Waals surface area (Å²) in [5, 5.41) is 9.65. The molecule has 2 atom stereocenters. The van der Waals surface area contributed by atoms with Crippen LogP contribution in [0.15, 0.2) is 97.2 Å². The largest absolute Gasteiger partial charge is 0.477 e. The predicted molar refractivity (Wildman–Crippen MR) is 270 cm³/mol. The summed E-state index contributed by atoms with van der Waals surface area (Å²) >= 11 is 0. The maximum atomic E-state index is 12.8. The van der Waals surface area contributed by atoms with Crippen LogP contribution in [0, 0.1) is 0 Å². The highest BCUT2D eigenvalue weighted by atomic mass is 16.6. The molecule has 0 saturated heterocycles. The van der Waals surface area contributed by atoms with Crippen molar-refractivity contribution in [1.82, 2.24) is 0 Å². The monoisotopic (exact) mass is 893 g/mol. The number of likely N-dealkylation sites (N-methyl/N-ethyl adjacent to an activating group) is 1. The van der Waals surface area contributed by atoms with Crippen LogP contribution in [0.4, 0.5) is 0 Å². The van der Waals surface area contributed by atoms with Gasteiger partial charge < -0.3 is 23.8 Å². The second kappa shape index (κ2) is 45.8. The molecular formula is C56H94NO7+. The van der Waals surface area contributed by atoms with E-state index in [1.54, 1.807) is 0 Å². The van der Waals surface area contributed by atoms with Gasteiger partial charge in [-0.1, -0.05) is 175 Å². The lowest BCUT2D eigenvalue weighted by molar-refractivity contribution is -0.887. The molecule has 8 nitrogen and oxygen atoms in total. The molecule has 1 N–H and O–H groups in total. The number of carboxylic acid groups (broad SMARTS) is 1. The SMILES string of the molecule is CC/C=C/C/C=C/C/C=C/C/C=C/C/C=C/CCCCCC(=O)OC(COCCC(C(=O)O)[N+](C)(C)C)COC(=O)CCCCCCCCCCCCC/C=C/C/C=C/C/C=C/CC. The Balaban J connectivity index is 4.32. The third kappa shape index (κ3) is 43.5. The van der Waals surface area contributed by atoms with Crippen molar-refractivity contribution in [2.45, 2.75) is 199 Å². The topological polar surface area (TPSA) is 99.1 Å². The van der Waals surface area contributed by atoms with E-state index >= 15 is 0 Å². The van der Waals surface area contributed by atoms with E-state index in [9.17, 15) is 19.5 Å². The summed E-state index contributed by atoms with van der Waals surface area (Å²) in [5.74, 6) is -1.52. The Morgan fingerprint density at radius 1 is 0.469 bits per heavy atom. The molecule has 0 aliphatic heterocycles. The van der Waals surface area contributed by atoms with Crippen molar-refractivity contribution in [2.24, 2.45) is 0 Å². The molecule has 2 unspecified atom stereocenters. The first-order valence-corrected chi connectivity index (χ1v) is 25.3. The second-order valence-corrected chi connectivity index (χ2v) is 17.7. The minimum atomic E-state index is -0.884. The number of hydrogen-bond acceptors (Lipinski definition) is 6. The molecule has 0 aliphatic carbocycles. The number of hydrogen-bond donors (Lipinski definition) is 1. The van der Waals surface area contributed by atoms with Gasteiger partial charge in [0.1, 0.15) is 6.61 Å². The van der Waals surface area contributed by atoms with E-state index in [2.05, 4.69) is 111 Å². The maximum Gasteiger partial charge on any atom is 0.362 e. The van der Waals surface area contributed by atoms with Crippen LogP contribution in [0.5, 0.6) is 0 Å². The highest BCUT2D eigenvalue weighted by Gasteiger charge is 2.31. The molecule has 0 amide bonds. The van der Waals surface area contributed by atoms with Gasteiger partial charge in [-0.3, -0.25) is 9.59 Å². The standard InChI is InChI=1S/C56H93NO7/c1-6-8-10-12-14-16-18-20-22-24-26-27-29-30-32-34-36-38-40-42-44-46-54(58)63-51-52(50-62-49-48-53(56(60)61)57(3,4)5)64-55(59)47-45-43-41-39-37-35-33-31-28-25-23-21-19-17-15-13-11-9-7-2/h8-11,14-17,20-23,28,31,35,37,52-53H,6-7,12-13,18-19,24-27,29-30,32-34,36,38-51H2,1-5H3/p+1/b10-8+,11-9+,16-14+,17-15+,22-20+,23-21+,31-28+,37-35+. The molecule has 0 spiro atoms. The number of allylic oxidation sites excluding steroid dienone is 16. The zero-order valence-electron chi connectivity index (χ0n) is 41.4. The lowest BCUT2D eigenvalue weighted by atomic mass is 10.0. The predicted octanol–water partition coefficient (Wildman–Crippen LogP) is 14.6. The Morgan fingerprint density at radius 3 is 1.23 bits per heavy atom. The van der Waals surface area contributed by atoms with Crippen molar-refractivity contribution in [3.63, 3.8) is 0 Å². The van der Waals surface area contributed by atoms with E-state index in [4.69, 9.17) is 14.2 Å². The number of aliphatic carboxylic acids is 1. The fraction of sp³-hybridized carbons (Fsp3) is 0.661. The number of rotatable bonds is 44. The summed E-state index contributed by atoms with van der Waals surface area (Å²) in [7, 11) is 5.51. The molecule has 0 aromatic rings. The van der Waals surface area contributed by atoms with Gasteiger partial charge in [-0.25, -0.2) is 4.79 Å². The van der Waals surface area contributed by atoms with Crippen LogP contribution >= 0.6 is 0 Å². The average molecular weight is 893 g/mol.